The zero-order chi connectivity index (χ0) is 20.7. The standard InChI is InChI=1S/C24H38OP/c1-21(2,3)13-14-26(25)20-18(23(7,8)9)15-17(22(4,5)6)16-19(20)24(10,11)12/h15-16H,1-12H3/q+1. The van der Waals surface area contributed by atoms with E-state index in [1.807, 2.05) is 0 Å². The zero-order valence-corrected chi connectivity index (χ0v) is 19.9. The number of benzene rings is 1. The highest BCUT2D eigenvalue weighted by Crippen LogP contribution is 2.38. The Morgan fingerprint density at radius 2 is 1.08 bits per heavy atom. The molecule has 0 aliphatic carbocycles. The summed E-state index contributed by atoms with van der Waals surface area (Å²) in [6, 6.07) is 4.52. The zero-order valence-electron chi connectivity index (χ0n) is 19.0. The Balaban J connectivity index is 3.91. The lowest BCUT2D eigenvalue weighted by atomic mass is 9.75. The fraction of sp³-hybridized carbons (Fsp3) is 0.667. The molecule has 1 aromatic rings. The third-order valence-corrected chi connectivity index (χ3v) is 5.53. The molecule has 0 spiro atoms. The minimum atomic E-state index is -1.77. The van der Waals surface area contributed by atoms with Crippen LogP contribution in [0.15, 0.2) is 12.1 Å². The summed E-state index contributed by atoms with van der Waals surface area (Å²) in [5.74, 6) is 3.19. The molecule has 0 N–H and O–H groups in total. The molecular weight excluding hydrogens is 335 g/mol. The maximum atomic E-state index is 13.4. The van der Waals surface area contributed by atoms with E-state index in [2.05, 4.69) is 107 Å². The minimum absolute atomic E-state index is 0.0429. The van der Waals surface area contributed by atoms with Crippen molar-refractivity contribution < 1.29 is 4.57 Å². The van der Waals surface area contributed by atoms with Crippen LogP contribution in [0.4, 0.5) is 0 Å². The lowest BCUT2D eigenvalue weighted by molar-refractivity contribution is 0.551. The van der Waals surface area contributed by atoms with Gasteiger partial charge >= 0.3 is 7.80 Å². The molecule has 0 heterocycles. The van der Waals surface area contributed by atoms with Crippen LogP contribution in [0.25, 0.3) is 0 Å². The highest BCUT2D eigenvalue weighted by atomic mass is 31.1. The van der Waals surface area contributed by atoms with E-state index >= 15 is 0 Å². The molecular formula is C24H38OP+. The molecule has 0 bridgehead atoms. The molecule has 0 aliphatic heterocycles. The summed E-state index contributed by atoms with van der Waals surface area (Å²) in [6.07, 6.45) is 0. The van der Waals surface area contributed by atoms with Gasteiger partial charge in [-0.15, -0.1) is 0 Å². The van der Waals surface area contributed by atoms with E-state index in [1.165, 1.54) is 16.7 Å². The van der Waals surface area contributed by atoms with Gasteiger partial charge < -0.3 is 0 Å². The van der Waals surface area contributed by atoms with E-state index in [1.54, 1.807) is 0 Å². The number of rotatable bonds is 1. The summed E-state index contributed by atoms with van der Waals surface area (Å²) in [5.41, 5.74) is 6.41. The first kappa shape index (κ1) is 22.9. The maximum Gasteiger partial charge on any atom is 0.467 e. The summed E-state index contributed by atoms with van der Waals surface area (Å²) < 4.78 is 13.4. The summed E-state index contributed by atoms with van der Waals surface area (Å²) in [7, 11) is -1.77. The van der Waals surface area contributed by atoms with Crippen molar-refractivity contribution in [3.8, 4) is 11.6 Å². The summed E-state index contributed by atoms with van der Waals surface area (Å²) in [6.45, 7) is 26.1. The molecule has 1 atom stereocenters. The van der Waals surface area contributed by atoms with Crippen LogP contribution in [0.1, 0.15) is 99.8 Å². The fourth-order valence-electron chi connectivity index (χ4n) is 2.70. The van der Waals surface area contributed by atoms with Gasteiger partial charge in [-0.25, -0.2) is 0 Å². The highest BCUT2D eigenvalue weighted by molar-refractivity contribution is 7.59. The Labute approximate surface area is 163 Å². The Morgan fingerprint density at radius 1 is 0.692 bits per heavy atom. The van der Waals surface area contributed by atoms with Crippen LogP contribution < -0.4 is 5.30 Å². The maximum absolute atomic E-state index is 13.4. The molecule has 0 aliphatic rings. The first-order chi connectivity index (χ1) is 11.3. The average Bonchev–Trinajstić information content (AvgIpc) is 2.39. The van der Waals surface area contributed by atoms with Gasteiger partial charge in [0.05, 0.1) is 0 Å². The van der Waals surface area contributed by atoms with E-state index in [0.717, 1.165) is 5.30 Å². The molecule has 1 rings (SSSR count). The predicted octanol–water partition coefficient (Wildman–Crippen LogP) is 7.04. The fourth-order valence-corrected chi connectivity index (χ4v) is 4.49. The SMILES string of the molecule is CC(C)(C)C#C[P+](=O)c1c(C(C)(C)C)cc(C(C)(C)C)cc1C(C)(C)C. The van der Waals surface area contributed by atoms with Gasteiger partial charge in [0.2, 0.25) is 5.30 Å². The lowest BCUT2D eigenvalue weighted by Crippen LogP contribution is -2.30. The topological polar surface area (TPSA) is 17.1 Å². The van der Waals surface area contributed by atoms with Crippen LogP contribution in [0.5, 0.6) is 0 Å². The van der Waals surface area contributed by atoms with Crippen molar-refractivity contribution in [2.45, 2.75) is 99.3 Å². The van der Waals surface area contributed by atoms with Gasteiger partial charge in [-0.1, -0.05) is 79.0 Å². The summed E-state index contributed by atoms with van der Waals surface area (Å²) >= 11 is 0. The van der Waals surface area contributed by atoms with Crippen LogP contribution in [0.3, 0.4) is 0 Å². The van der Waals surface area contributed by atoms with E-state index in [9.17, 15) is 4.57 Å². The smallest absolute Gasteiger partial charge is 0.0561 e. The Kier molecular flexibility index (Phi) is 6.28. The number of hydrogen-bond acceptors (Lipinski definition) is 1. The Morgan fingerprint density at radius 3 is 1.35 bits per heavy atom. The van der Waals surface area contributed by atoms with E-state index in [-0.39, 0.29) is 21.7 Å². The van der Waals surface area contributed by atoms with E-state index in [4.69, 9.17) is 0 Å². The quantitative estimate of drug-likeness (QED) is 0.381. The van der Waals surface area contributed by atoms with Gasteiger partial charge in [-0.3, -0.25) is 0 Å². The monoisotopic (exact) mass is 373 g/mol. The summed E-state index contributed by atoms with van der Waals surface area (Å²) in [4.78, 5) is 0. The largest absolute Gasteiger partial charge is 0.467 e. The molecule has 0 fully saturated rings. The van der Waals surface area contributed by atoms with Crippen molar-refractivity contribution in [2.24, 2.45) is 5.41 Å². The molecule has 0 aromatic heterocycles. The predicted molar refractivity (Wildman–Crippen MR) is 117 cm³/mol. The Bertz CT molecular complexity index is 710. The second kappa shape index (κ2) is 7.13. The molecule has 26 heavy (non-hydrogen) atoms. The van der Waals surface area contributed by atoms with Gasteiger partial charge in [-0.2, -0.15) is 0 Å². The molecule has 1 nitrogen and oxygen atoms in total. The average molecular weight is 374 g/mol. The third kappa shape index (κ3) is 5.96. The molecule has 2 heteroatoms. The van der Waals surface area contributed by atoms with Crippen LogP contribution in [-0.4, -0.2) is 0 Å². The first-order valence-electron chi connectivity index (χ1n) is 9.53. The van der Waals surface area contributed by atoms with Gasteiger partial charge in [-0.05, 0) is 48.5 Å². The van der Waals surface area contributed by atoms with Gasteiger partial charge in [0, 0.05) is 16.5 Å². The van der Waals surface area contributed by atoms with Crippen molar-refractivity contribution in [3.63, 3.8) is 0 Å². The molecule has 0 saturated carbocycles. The Hall–Kier alpha value is -1.12. The van der Waals surface area contributed by atoms with Crippen molar-refractivity contribution in [3.05, 3.63) is 28.8 Å². The van der Waals surface area contributed by atoms with Crippen molar-refractivity contribution in [1.82, 2.24) is 0 Å². The van der Waals surface area contributed by atoms with Crippen LogP contribution >= 0.6 is 7.80 Å². The second-order valence-electron chi connectivity index (χ2n) is 11.5. The third-order valence-electron chi connectivity index (χ3n) is 4.33. The first-order valence-corrected chi connectivity index (χ1v) is 10.8. The molecule has 144 valence electrons. The molecule has 0 saturated heterocycles. The van der Waals surface area contributed by atoms with Gasteiger partial charge in [0.1, 0.15) is 0 Å². The van der Waals surface area contributed by atoms with Crippen LogP contribution in [-0.2, 0) is 20.8 Å². The van der Waals surface area contributed by atoms with Crippen molar-refractivity contribution >= 4 is 13.1 Å². The molecule has 0 radical (unpaired) electrons. The van der Waals surface area contributed by atoms with Gasteiger partial charge in [0.15, 0.2) is 5.66 Å². The number of hydrogen-bond donors (Lipinski definition) is 0. The second-order valence-corrected chi connectivity index (χ2v) is 12.7. The van der Waals surface area contributed by atoms with Crippen molar-refractivity contribution in [1.29, 1.82) is 0 Å². The lowest BCUT2D eigenvalue weighted by Gasteiger charge is -2.29. The molecule has 1 aromatic carbocycles. The normalized spacial score (nSPS) is 13.9. The molecule has 1 unspecified atom stereocenters. The minimum Gasteiger partial charge on any atom is -0.0561 e. The van der Waals surface area contributed by atoms with Crippen LogP contribution in [0.2, 0.25) is 0 Å². The summed E-state index contributed by atoms with van der Waals surface area (Å²) in [5, 5.41) is 0.949. The van der Waals surface area contributed by atoms with Crippen molar-refractivity contribution in [2.75, 3.05) is 0 Å². The highest BCUT2D eigenvalue weighted by Gasteiger charge is 2.38. The van der Waals surface area contributed by atoms with Crippen LogP contribution in [0, 0.1) is 17.0 Å². The van der Waals surface area contributed by atoms with E-state index in [0.29, 0.717) is 0 Å². The molecule has 0 amide bonds. The van der Waals surface area contributed by atoms with E-state index < -0.39 is 7.80 Å². The van der Waals surface area contributed by atoms with Gasteiger partial charge in [0.25, 0.3) is 0 Å².